The smallest absolute Gasteiger partial charge is 0.340 e. The van der Waals surface area contributed by atoms with E-state index in [2.05, 4.69) is 10.1 Å². The minimum atomic E-state index is -2.87. The normalized spacial score (nSPS) is 18.4. The lowest BCUT2D eigenvalue weighted by Crippen LogP contribution is -2.37. The van der Waals surface area contributed by atoms with Crippen molar-refractivity contribution in [3.63, 3.8) is 0 Å². The second-order valence-electron chi connectivity index (χ2n) is 5.11. The number of carbonyl (C=O) groups is 1. The first kappa shape index (κ1) is 15.9. The van der Waals surface area contributed by atoms with Gasteiger partial charge in [-0.2, -0.15) is 0 Å². The topological polar surface area (TPSA) is 72.5 Å². The Kier molecular flexibility index (Phi) is 4.95. The average molecular weight is 315 g/mol. The summed E-state index contributed by atoms with van der Waals surface area (Å²) in [5, 5.41) is 3.22. The van der Waals surface area contributed by atoms with E-state index in [4.69, 9.17) is 0 Å². The van der Waals surface area contributed by atoms with Gasteiger partial charge < -0.3 is 10.1 Å². The number of sulfone groups is 1. The van der Waals surface area contributed by atoms with Crippen molar-refractivity contribution in [1.82, 2.24) is 5.32 Å². The van der Waals surface area contributed by atoms with Crippen molar-refractivity contribution in [3.8, 4) is 0 Å². The maximum absolute atomic E-state index is 13.7. The molecule has 0 aromatic heterocycles. The van der Waals surface area contributed by atoms with Crippen molar-refractivity contribution in [2.24, 2.45) is 0 Å². The van der Waals surface area contributed by atoms with Gasteiger partial charge in [-0.1, -0.05) is 6.07 Å². The molecule has 1 aliphatic rings. The summed E-state index contributed by atoms with van der Waals surface area (Å²) in [5.41, 5.74) is 0.610. The molecule has 0 unspecified atom stereocenters. The van der Waals surface area contributed by atoms with Crippen molar-refractivity contribution in [1.29, 1.82) is 0 Å². The highest BCUT2D eigenvalue weighted by atomic mass is 32.2. The molecule has 1 aromatic rings. The number of hydrogen-bond donors (Lipinski definition) is 1. The number of benzene rings is 1. The number of rotatable bonds is 4. The number of esters is 1. The predicted octanol–water partition coefficient (Wildman–Crippen LogP) is 1.28. The third-order valence-electron chi connectivity index (χ3n) is 3.59. The van der Waals surface area contributed by atoms with E-state index in [0.29, 0.717) is 24.9 Å². The van der Waals surface area contributed by atoms with Gasteiger partial charge in [-0.15, -0.1) is 0 Å². The Labute approximate surface area is 123 Å². The fourth-order valence-electron chi connectivity index (χ4n) is 2.30. The fraction of sp³-hybridized carbons (Fsp3) is 0.500. The van der Waals surface area contributed by atoms with Crippen LogP contribution in [0.4, 0.5) is 4.39 Å². The van der Waals surface area contributed by atoms with Gasteiger partial charge in [0.25, 0.3) is 0 Å². The summed E-state index contributed by atoms with van der Waals surface area (Å²) in [6.45, 7) is 0.434. The monoisotopic (exact) mass is 315 g/mol. The van der Waals surface area contributed by atoms with E-state index < -0.39 is 21.6 Å². The number of halogens is 1. The van der Waals surface area contributed by atoms with Gasteiger partial charge in [0, 0.05) is 12.6 Å². The molecule has 0 saturated carbocycles. The summed E-state index contributed by atoms with van der Waals surface area (Å²) in [4.78, 5) is 11.3. The van der Waals surface area contributed by atoms with E-state index in [1.165, 1.54) is 19.2 Å². The van der Waals surface area contributed by atoms with E-state index in [9.17, 15) is 17.6 Å². The Morgan fingerprint density at radius 3 is 2.62 bits per heavy atom. The van der Waals surface area contributed by atoms with Crippen LogP contribution in [0.3, 0.4) is 0 Å². The van der Waals surface area contributed by atoms with Crippen LogP contribution < -0.4 is 5.32 Å². The Balaban J connectivity index is 1.92. The highest BCUT2D eigenvalue weighted by Gasteiger charge is 2.23. The van der Waals surface area contributed by atoms with Gasteiger partial charge >= 0.3 is 5.97 Å². The largest absolute Gasteiger partial charge is 0.465 e. The zero-order chi connectivity index (χ0) is 15.5. The Morgan fingerprint density at radius 1 is 1.38 bits per heavy atom. The predicted molar refractivity (Wildman–Crippen MR) is 76.3 cm³/mol. The zero-order valence-electron chi connectivity index (χ0n) is 11.8. The minimum Gasteiger partial charge on any atom is -0.465 e. The maximum atomic E-state index is 13.7. The molecule has 0 bridgehead atoms. The summed E-state index contributed by atoms with van der Waals surface area (Å²) >= 11 is 0. The van der Waals surface area contributed by atoms with Crippen LogP contribution in [0.25, 0.3) is 0 Å². The molecule has 1 aromatic carbocycles. The number of nitrogens with one attached hydrogen (secondary N) is 1. The van der Waals surface area contributed by atoms with Crippen LogP contribution in [0.5, 0.6) is 0 Å². The lowest BCUT2D eigenvalue weighted by atomic mass is 10.1. The third kappa shape index (κ3) is 4.25. The first-order valence-corrected chi connectivity index (χ1v) is 8.54. The number of carbonyl (C=O) groups excluding carboxylic acids is 1. The van der Waals surface area contributed by atoms with Gasteiger partial charge in [-0.3, -0.25) is 0 Å². The van der Waals surface area contributed by atoms with Crippen molar-refractivity contribution in [3.05, 3.63) is 35.1 Å². The van der Waals surface area contributed by atoms with E-state index in [-0.39, 0.29) is 23.1 Å². The molecule has 1 N–H and O–H groups in total. The molecule has 1 saturated heterocycles. The van der Waals surface area contributed by atoms with Crippen LogP contribution in [-0.2, 0) is 21.1 Å². The number of methoxy groups -OCH3 is 1. The Hall–Kier alpha value is -1.47. The summed E-state index contributed by atoms with van der Waals surface area (Å²) < 4.78 is 40.9. The van der Waals surface area contributed by atoms with Crippen molar-refractivity contribution in [2.45, 2.75) is 25.4 Å². The van der Waals surface area contributed by atoms with E-state index in [0.717, 1.165) is 0 Å². The maximum Gasteiger partial charge on any atom is 0.340 e. The fourth-order valence-corrected chi connectivity index (χ4v) is 3.79. The van der Waals surface area contributed by atoms with Crippen molar-refractivity contribution >= 4 is 15.8 Å². The molecule has 0 aliphatic carbocycles. The quantitative estimate of drug-likeness (QED) is 0.847. The molecule has 0 radical (unpaired) electrons. The average Bonchev–Trinajstić information content (AvgIpc) is 2.45. The lowest BCUT2D eigenvalue weighted by molar-refractivity contribution is 0.0595. The van der Waals surface area contributed by atoms with E-state index in [1.54, 1.807) is 6.07 Å². The van der Waals surface area contributed by atoms with E-state index >= 15 is 0 Å². The minimum absolute atomic E-state index is 0.0926. The van der Waals surface area contributed by atoms with Crippen LogP contribution in [0.1, 0.15) is 28.8 Å². The molecule has 2 rings (SSSR count). The molecule has 5 nitrogen and oxygen atoms in total. The highest BCUT2D eigenvalue weighted by molar-refractivity contribution is 7.91. The standard InChI is InChI=1S/C14H18FNO4S/c1-20-14(17)12-3-2-10(8-13(12)15)9-16-11-4-6-21(18,19)7-5-11/h2-3,8,11,16H,4-7,9H2,1H3. The van der Waals surface area contributed by atoms with E-state index in [1.807, 2.05) is 0 Å². The van der Waals surface area contributed by atoms with Gasteiger partial charge in [0.2, 0.25) is 0 Å². The molecule has 1 aliphatic heterocycles. The number of ether oxygens (including phenoxy) is 1. The third-order valence-corrected chi connectivity index (χ3v) is 5.30. The van der Waals surface area contributed by atoms with Crippen molar-refractivity contribution < 1.29 is 22.3 Å². The van der Waals surface area contributed by atoms with Gasteiger partial charge in [-0.25, -0.2) is 17.6 Å². The van der Waals surface area contributed by atoms with Crippen LogP contribution in [0.15, 0.2) is 18.2 Å². The second-order valence-corrected chi connectivity index (χ2v) is 7.42. The SMILES string of the molecule is COC(=O)c1ccc(CNC2CCS(=O)(=O)CC2)cc1F. The summed E-state index contributed by atoms with van der Waals surface area (Å²) in [5.74, 6) is -0.933. The summed E-state index contributed by atoms with van der Waals surface area (Å²) in [7, 11) is -1.67. The molecular weight excluding hydrogens is 297 g/mol. The first-order chi connectivity index (χ1) is 9.91. The second kappa shape index (κ2) is 6.53. The molecule has 1 heterocycles. The van der Waals surface area contributed by atoms with Crippen LogP contribution >= 0.6 is 0 Å². The van der Waals surface area contributed by atoms with Gasteiger partial charge in [0.1, 0.15) is 15.7 Å². The Morgan fingerprint density at radius 2 is 2.05 bits per heavy atom. The van der Waals surface area contributed by atoms with Gasteiger partial charge in [0.15, 0.2) is 0 Å². The van der Waals surface area contributed by atoms with Crippen LogP contribution in [0.2, 0.25) is 0 Å². The molecular formula is C14H18FNO4S. The number of hydrogen-bond acceptors (Lipinski definition) is 5. The zero-order valence-corrected chi connectivity index (χ0v) is 12.6. The van der Waals surface area contributed by atoms with Crippen molar-refractivity contribution in [2.75, 3.05) is 18.6 Å². The molecule has 21 heavy (non-hydrogen) atoms. The van der Waals surface area contributed by atoms with Crippen LogP contribution in [0, 0.1) is 5.82 Å². The Bertz CT molecular complexity index is 616. The molecule has 1 fully saturated rings. The highest BCUT2D eigenvalue weighted by Crippen LogP contribution is 2.15. The molecule has 7 heteroatoms. The van der Waals surface area contributed by atoms with Gasteiger partial charge in [0.05, 0.1) is 24.2 Å². The van der Waals surface area contributed by atoms with Gasteiger partial charge in [-0.05, 0) is 30.5 Å². The summed E-state index contributed by atoms with van der Waals surface area (Å²) in [6, 6.07) is 4.46. The van der Waals surface area contributed by atoms with Crippen LogP contribution in [-0.4, -0.2) is 39.0 Å². The lowest BCUT2D eigenvalue weighted by Gasteiger charge is -2.23. The molecule has 116 valence electrons. The molecule has 0 atom stereocenters. The molecule has 0 amide bonds. The first-order valence-electron chi connectivity index (χ1n) is 6.72. The summed E-state index contributed by atoms with van der Waals surface area (Å²) in [6.07, 6.45) is 1.15. The molecule has 0 spiro atoms.